The van der Waals surface area contributed by atoms with Gasteiger partial charge in [0.25, 0.3) is 0 Å². The molecule has 132 valence electrons. The second-order valence-corrected chi connectivity index (χ2v) is 7.51. The second-order valence-electron chi connectivity index (χ2n) is 6.44. The summed E-state index contributed by atoms with van der Waals surface area (Å²) in [7, 11) is 0. The summed E-state index contributed by atoms with van der Waals surface area (Å²) in [5.41, 5.74) is 0. The zero-order valence-corrected chi connectivity index (χ0v) is 15.0. The lowest BCUT2D eigenvalue weighted by atomic mass is 10.1. The Labute approximate surface area is 146 Å². The van der Waals surface area contributed by atoms with Gasteiger partial charge in [0, 0.05) is 38.5 Å². The van der Waals surface area contributed by atoms with Crippen LogP contribution in [0.15, 0.2) is 0 Å². The maximum absolute atomic E-state index is 12.5. The molecule has 1 unspecified atom stereocenters. The first-order chi connectivity index (χ1) is 11.7. The molecule has 24 heavy (non-hydrogen) atoms. The zero-order valence-electron chi connectivity index (χ0n) is 14.2. The Kier molecular flexibility index (Phi) is 5.65. The fourth-order valence-corrected chi connectivity index (χ4v) is 4.27. The number of likely N-dealkylation sites (tertiary alicyclic amines) is 2. The third-order valence-electron chi connectivity index (χ3n) is 4.68. The molecule has 3 amide bonds. The molecule has 0 spiro atoms. The molecule has 2 aliphatic rings. The molecule has 7 nitrogen and oxygen atoms in total. The SMILES string of the molecule is CCCc1nnc(NC(=O)N2CCCC(N3CCCC3=O)CC2)s1. The van der Waals surface area contributed by atoms with Gasteiger partial charge in [0.05, 0.1) is 0 Å². The van der Waals surface area contributed by atoms with Crippen molar-refractivity contribution in [3.05, 3.63) is 5.01 Å². The van der Waals surface area contributed by atoms with Gasteiger partial charge in [0.2, 0.25) is 11.0 Å². The number of hydrogen-bond acceptors (Lipinski definition) is 5. The van der Waals surface area contributed by atoms with Crippen LogP contribution in [0.3, 0.4) is 0 Å². The minimum atomic E-state index is -0.109. The quantitative estimate of drug-likeness (QED) is 0.904. The molecule has 1 aromatic rings. The van der Waals surface area contributed by atoms with Crippen molar-refractivity contribution < 1.29 is 9.59 Å². The van der Waals surface area contributed by atoms with Crippen LogP contribution >= 0.6 is 11.3 Å². The fraction of sp³-hybridized carbons (Fsp3) is 0.750. The lowest BCUT2D eigenvalue weighted by molar-refractivity contribution is -0.129. The third kappa shape index (κ3) is 4.03. The smallest absolute Gasteiger partial charge is 0.323 e. The fourth-order valence-electron chi connectivity index (χ4n) is 3.44. The molecule has 0 aromatic carbocycles. The summed E-state index contributed by atoms with van der Waals surface area (Å²) in [6.45, 7) is 4.38. The molecule has 2 saturated heterocycles. The van der Waals surface area contributed by atoms with Crippen LogP contribution in [0.4, 0.5) is 9.93 Å². The van der Waals surface area contributed by atoms with Crippen LogP contribution < -0.4 is 5.32 Å². The molecule has 1 atom stereocenters. The summed E-state index contributed by atoms with van der Waals surface area (Å²) < 4.78 is 0. The standard InChI is InChI=1S/C16H25N5O2S/c1-2-5-13-18-19-15(24-13)17-16(23)20-9-3-6-12(8-11-20)21-10-4-7-14(21)22/h12H,2-11H2,1H3,(H,17,19,23). The summed E-state index contributed by atoms with van der Waals surface area (Å²) in [6.07, 6.45) is 6.33. The largest absolute Gasteiger partial charge is 0.340 e. The zero-order chi connectivity index (χ0) is 16.9. The van der Waals surface area contributed by atoms with Gasteiger partial charge in [-0.2, -0.15) is 0 Å². The van der Waals surface area contributed by atoms with Crippen LogP contribution in [-0.2, 0) is 11.2 Å². The highest BCUT2D eigenvalue weighted by molar-refractivity contribution is 7.15. The van der Waals surface area contributed by atoms with E-state index in [1.54, 1.807) is 0 Å². The average Bonchev–Trinajstić information content (AvgIpc) is 3.10. The molecular formula is C16H25N5O2S. The van der Waals surface area contributed by atoms with Gasteiger partial charge in [-0.15, -0.1) is 10.2 Å². The Morgan fingerprint density at radius 3 is 2.88 bits per heavy atom. The number of rotatable bonds is 4. The van der Waals surface area contributed by atoms with Crippen LogP contribution in [0.1, 0.15) is 50.5 Å². The predicted octanol–water partition coefficient (Wildman–Crippen LogP) is 2.50. The van der Waals surface area contributed by atoms with E-state index >= 15 is 0 Å². The van der Waals surface area contributed by atoms with Gasteiger partial charge in [0.15, 0.2) is 0 Å². The maximum Gasteiger partial charge on any atom is 0.323 e. The first-order valence-electron chi connectivity index (χ1n) is 8.85. The van der Waals surface area contributed by atoms with Crippen LogP contribution in [0.2, 0.25) is 0 Å². The highest BCUT2D eigenvalue weighted by atomic mass is 32.1. The number of anilines is 1. The van der Waals surface area contributed by atoms with Gasteiger partial charge in [0.1, 0.15) is 5.01 Å². The number of carbonyl (C=O) groups excluding carboxylic acids is 2. The van der Waals surface area contributed by atoms with E-state index in [0.29, 0.717) is 18.1 Å². The van der Waals surface area contributed by atoms with Crippen LogP contribution in [-0.4, -0.2) is 57.6 Å². The molecule has 0 radical (unpaired) electrons. The van der Waals surface area contributed by atoms with Crippen molar-refractivity contribution in [2.24, 2.45) is 0 Å². The lowest BCUT2D eigenvalue weighted by Crippen LogP contribution is -2.38. The summed E-state index contributed by atoms with van der Waals surface area (Å²) in [6, 6.07) is 0.179. The van der Waals surface area contributed by atoms with Gasteiger partial charge in [-0.3, -0.25) is 10.1 Å². The molecule has 3 heterocycles. The van der Waals surface area contributed by atoms with Crippen LogP contribution in [0, 0.1) is 0 Å². The molecule has 0 aliphatic carbocycles. The first kappa shape index (κ1) is 17.1. The number of amides is 3. The van der Waals surface area contributed by atoms with E-state index in [1.165, 1.54) is 11.3 Å². The molecule has 1 aromatic heterocycles. The van der Waals surface area contributed by atoms with Gasteiger partial charge < -0.3 is 9.80 Å². The number of nitrogens with one attached hydrogen (secondary N) is 1. The molecule has 2 fully saturated rings. The molecule has 0 bridgehead atoms. The lowest BCUT2D eigenvalue weighted by Gasteiger charge is -2.26. The van der Waals surface area contributed by atoms with E-state index in [1.807, 2.05) is 9.80 Å². The topological polar surface area (TPSA) is 78.4 Å². The van der Waals surface area contributed by atoms with Crippen molar-refractivity contribution in [1.82, 2.24) is 20.0 Å². The number of aromatic nitrogens is 2. The molecule has 1 N–H and O–H groups in total. The number of urea groups is 1. The van der Waals surface area contributed by atoms with E-state index in [2.05, 4.69) is 22.4 Å². The van der Waals surface area contributed by atoms with Gasteiger partial charge in [-0.05, 0) is 32.1 Å². The molecule has 8 heteroatoms. The monoisotopic (exact) mass is 351 g/mol. The highest BCUT2D eigenvalue weighted by Crippen LogP contribution is 2.23. The Bertz CT molecular complexity index is 591. The Hall–Kier alpha value is -1.70. The van der Waals surface area contributed by atoms with Crippen molar-refractivity contribution in [3.8, 4) is 0 Å². The molecular weight excluding hydrogens is 326 g/mol. The Balaban J connectivity index is 1.53. The molecule has 0 saturated carbocycles. The molecule has 3 rings (SSSR count). The summed E-state index contributed by atoms with van der Waals surface area (Å²) in [5.74, 6) is 0.273. The van der Waals surface area contributed by atoms with Crippen LogP contribution in [0.5, 0.6) is 0 Å². The van der Waals surface area contributed by atoms with Crippen molar-refractivity contribution in [2.45, 2.75) is 57.9 Å². The minimum absolute atomic E-state index is 0.109. The predicted molar refractivity (Wildman–Crippen MR) is 93.1 cm³/mol. The summed E-state index contributed by atoms with van der Waals surface area (Å²) in [4.78, 5) is 28.2. The second kappa shape index (κ2) is 7.92. The normalized spacial score (nSPS) is 21.9. The van der Waals surface area contributed by atoms with Crippen molar-refractivity contribution in [3.63, 3.8) is 0 Å². The van der Waals surface area contributed by atoms with Gasteiger partial charge in [-0.1, -0.05) is 18.3 Å². The van der Waals surface area contributed by atoms with E-state index in [4.69, 9.17) is 0 Å². The van der Waals surface area contributed by atoms with E-state index in [9.17, 15) is 9.59 Å². The number of aryl methyl sites for hydroxylation is 1. The minimum Gasteiger partial charge on any atom is -0.340 e. The van der Waals surface area contributed by atoms with Crippen molar-refractivity contribution in [1.29, 1.82) is 0 Å². The van der Waals surface area contributed by atoms with E-state index in [0.717, 1.165) is 56.6 Å². The van der Waals surface area contributed by atoms with E-state index < -0.39 is 0 Å². The van der Waals surface area contributed by atoms with E-state index in [-0.39, 0.29) is 18.0 Å². The van der Waals surface area contributed by atoms with Crippen molar-refractivity contribution in [2.75, 3.05) is 25.0 Å². The maximum atomic E-state index is 12.5. The average molecular weight is 351 g/mol. The number of hydrogen-bond donors (Lipinski definition) is 1. The third-order valence-corrected chi connectivity index (χ3v) is 5.58. The summed E-state index contributed by atoms with van der Waals surface area (Å²) >= 11 is 1.44. The van der Waals surface area contributed by atoms with Gasteiger partial charge >= 0.3 is 6.03 Å². The summed E-state index contributed by atoms with van der Waals surface area (Å²) in [5, 5.41) is 12.5. The molecule has 2 aliphatic heterocycles. The van der Waals surface area contributed by atoms with Crippen molar-refractivity contribution >= 4 is 28.4 Å². The highest BCUT2D eigenvalue weighted by Gasteiger charge is 2.30. The number of carbonyl (C=O) groups is 2. The number of nitrogens with zero attached hydrogens (tertiary/aromatic N) is 4. The first-order valence-corrected chi connectivity index (χ1v) is 9.67. The van der Waals surface area contributed by atoms with Gasteiger partial charge in [-0.25, -0.2) is 4.79 Å². The van der Waals surface area contributed by atoms with Crippen LogP contribution in [0.25, 0.3) is 0 Å². The Morgan fingerprint density at radius 1 is 1.25 bits per heavy atom. The Morgan fingerprint density at radius 2 is 2.12 bits per heavy atom.